The van der Waals surface area contributed by atoms with Crippen molar-refractivity contribution in [3.05, 3.63) is 40.8 Å². The second-order valence-corrected chi connectivity index (χ2v) is 8.80. The van der Waals surface area contributed by atoms with Crippen LogP contribution >= 0.6 is 0 Å². The van der Waals surface area contributed by atoms with Crippen molar-refractivity contribution in [2.45, 2.75) is 45.7 Å². The molecule has 8 nitrogen and oxygen atoms in total. The summed E-state index contributed by atoms with van der Waals surface area (Å²) in [6.45, 7) is 6.65. The van der Waals surface area contributed by atoms with Gasteiger partial charge in [-0.15, -0.1) is 0 Å². The quantitative estimate of drug-likeness (QED) is 0.622. The lowest BCUT2D eigenvalue weighted by molar-refractivity contribution is -0.122. The molecule has 8 heteroatoms. The van der Waals surface area contributed by atoms with Crippen molar-refractivity contribution < 1.29 is 9.53 Å². The number of ether oxygens (including phenoxy) is 1. The summed E-state index contributed by atoms with van der Waals surface area (Å²) in [5.41, 5.74) is 1.05. The number of likely N-dealkylation sites (tertiary alicyclic amines) is 1. The Labute approximate surface area is 190 Å². The molecular weight excluding hydrogens is 406 g/mol. The van der Waals surface area contributed by atoms with Crippen LogP contribution in [-0.4, -0.2) is 60.2 Å². The topological polar surface area (TPSA) is 88.5 Å². The van der Waals surface area contributed by atoms with Gasteiger partial charge in [0.15, 0.2) is 5.82 Å². The first-order chi connectivity index (χ1) is 15.4. The van der Waals surface area contributed by atoms with Gasteiger partial charge in [-0.2, -0.15) is 0 Å². The molecule has 1 aliphatic rings. The normalized spacial score (nSPS) is 15.0. The first-order valence-electron chi connectivity index (χ1n) is 11.3. The first kappa shape index (κ1) is 23.8. The molecule has 32 heavy (non-hydrogen) atoms. The predicted molar refractivity (Wildman–Crippen MR) is 127 cm³/mol. The van der Waals surface area contributed by atoms with Crippen LogP contribution in [0.5, 0.6) is 5.75 Å². The molecule has 2 aromatic rings. The fraction of sp³-hybridized carbons (Fsp3) is 0.542. The molecule has 1 aliphatic heterocycles. The van der Waals surface area contributed by atoms with Gasteiger partial charge in [0.25, 0.3) is 5.56 Å². The van der Waals surface area contributed by atoms with E-state index in [9.17, 15) is 9.59 Å². The summed E-state index contributed by atoms with van der Waals surface area (Å²) in [6, 6.07) is 7.39. The summed E-state index contributed by atoms with van der Waals surface area (Å²) in [5, 5.41) is 6.07. The largest absolute Gasteiger partial charge is 0.497 e. The maximum absolute atomic E-state index is 13.3. The zero-order chi connectivity index (χ0) is 23.1. The van der Waals surface area contributed by atoms with Gasteiger partial charge in [0.1, 0.15) is 12.3 Å². The van der Waals surface area contributed by atoms with E-state index in [1.165, 1.54) is 17.4 Å². The summed E-state index contributed by atoms with van der Waals surface area (Å²) < 4.78 is 6.80. The van der Waals surface area contributed by atoms with Crippen LogP contribution in [0.4, 0.5) is 5.82 Å². The van der Waals surface area contributed by atoms with Gasteiger partial charge < -0.3 is 20.3 Å². The van der Waals surface area contributed by atoms with Gasteiger partial charge in [0.05, 0.1) is 19.0 Å². The van der Waals surface area contributed by atoms with E-state index in [2.05, 4.69) is 27.6 Å². The van der Waals surface area contributed by atoms with Crippen LogP contribution in [0.25, 0.3) is 11.3 Å². The van der Waals surface area contributed by atoms with Gasteiger partial charge in [-0.05, 0) is 71.3 Å². The molecule has 1 aromatic carbocycles. The van der Waals surface area contributed by atoms with E-state index < -0.39 is 0 Å². The third-order valence-electron chi connectivity index (χ3n) is 5.85. The molecule has 0 spiro atoms. The van der Waals surface area contributed by atoms with E-state index >= 15 is 0 Å². The van der Waals surface area contributed by atoms with Crippen molar-refractivity contribution in [1.82, 2.24) is 19.8 Å². The Morgan fingerprint density at radius 2 is 2.03 bits per heavy atom. The summed E-state index contributed by atoms with van der Waals surface area (Å²) >= 11 is 0. The molecule has 1 fully saturated rings. The molecule has 0 aliphatic carbocycles. The molecular formula is C24H35N5O3. The lowest BCUT2D eigenvalue weighted by Gasteiger charge is -2.28. The van der Waals surface area contributed by atoms with Crippen LogP contribution in [0.15, 0.2) is 35.3 Å². The van der Waals surface area contributed by atoms with Crippen molar-refractivity contribution in [3.8, 4) is 17.0 Å². The standard InChI is InChI=1S/C24H35N5O3/c1-17(2)27-22(30)16-29-21(19-6-5-7-20(14-19)32-4)15-26-23(24(29)31)25-11-8-18-9-12-28(3)13-10-18/h5-7,14-15,17-18H,8-13,16H2,1-4H3,(H,25,26)(H,27,30). The minimum atomic E-state index is -0.299. The Kier molecular flexibility index (Phi) is 8.27. The van der Waals surface area contributed by atoms with Crippen molar-refractivity contribution in [1.29, 1.82) is 0 Å². The highest BCUT2D eigenvalue weighted by molar-refractivity contribution is 5.77. The van der Waals surface area contributed by atoms with E-state index in [4.69, 9.17) is 4.74 Å². The zero-order valence-corrected chi connectivity index (χ0v) is 19.6. The minimum absolute atomic E-state index is 0.00700. The number of amides is 1. The number of hydrogen-bond donors (Lipinski definition) is 2. The van der Waals surface area contributed by atoms with Crippen LogP contribution in [0.1, 0.15) is 33.1 Å². The number of benzene rings is 1. The monoisotopic (exact) mass is 441 g/mol. The number of anilines is 1. The van der Waals surface area contributed by atoms with Crippen molar-refractivity contribution in [3.63, 3.8) is 0 Å². The highest BCUT2D eigenvalue weighted by atomic mass is 16.5. The number of piperidine rings is 1. The molecule has 0 atom stereocenters. The third-order valence-corrected chi connectivity index (χ3v) is 5.85. The SMILES string of the molecule is COc1cccc(-c2cnc(NCCC3CCN(C)CC3)c(=O)n2CC(=O)NC(C)C)c1. The number of rotatable bonds is 9. The number of methoxy groups -OCH3 is 1. The Bertz CT molecular complexity index is 964. The second-order valence-electron chi connectivity index (χ2n) is 8.80. The van der Waals surface area contributed by atoms with Crippen molar-refractivity contribution in [2.75, 3.05) is 39.1 Å². The Morgan fingerprint density at radius 1 is 1.28 bits per heavy atom. The van der Waals surface area contributed by atoms with Crippen LogP contribution in [0.3, 0.4) is 0 Å². The average molecular weight is 442 g/mol. The lowest BCUT2D eigenvalue weighted by atomic mass is 9.94. The van der Waals surface area contributed by atoms with E-state index in [1.54, 1.807) is 13.3 Å². The molecule has 0 saturated carbocycles. The summed E-state index contributed by atoms with van der Waals surface area (Å²) in [7, 11) is 3.75. The average Bonchev–Trinajstić information content (AvgIpc) is 2.77. The molecule has 0 unspecified atom stereocenters. The predicted octanol–water partition coefficient (Wildman–Crippen LogP) is 2.59. The number of aromatic nitrogens is 2. The van der Waals surface area contributed by atoms with E-state index in [1.807, 2.05) is 38.1 Å². The third kappa shape index (κ3) is 6.32. The molecule has 0 radical (unpaired) electrons. The minimum Gasteiger partial charge on any atom is -0.497 e. The fourth-order valence-electron chi connectivity index (χ4n) is 4.04. The van der Waals surface area contributed by atoms with Crippen LogP contribution in [0, 0.1) is 5.92 Å². The van der Waals surface area contributed by atoms with E-state index in [0.717, 1.165) is 25.1 Å². The summed E-state index contributed by atoms with van der Waals surface area (Å²) in [5.74, 6) is 1.40. The summed E-state index contributed by atoms with van der Waals surface area (Å²) in [4.78, 5) is 32.5. The number of nitrogens with one attached hydrogen (secondary N) is 2. The van der Waals surface area contributed by atoms with Gasteiger partial charge in [0.2, 0.25) is 5.91 Å². The number of hydrogen-bond acceptors (Lipinski definition) is 6. The molecule has 0 bridgehead atoms. The van der Waals surface area contributed by atoms with Gasteiger partial charge in [-0.3, -0.25) is 14.2 Å². The van der Waals surface area contributed by atoms with Crippen LogP contribution < -0.4 is 20.9 Å². The lowest BCUT2D eigenvalue weighted by Crippen LogP contribution is -2.37. The van der Waals surface area contributed by atoms with Gasteiger partial charge in [-0.1, -0.05) is 12.1 Å². The van der Waals surface area contributed by atoms with Crippen LogP contribution in [-0.2, 0) is 11.3 Å². The molecule has 174 valence electrons. The fourth-order valence-corrected chi connectivity index (χ4v) is 4.04. The van der Waals surface area contributed by atoms with Gasteiger partial charge in [0, 0.05) is 18.2 Å². The molecule has 1 saturated heterocycles. The van der Waals surface area contributed by atoms with Crippen LogP contribution in [0.2, 0.25) is 0 Å². The molecule has 3 rings (SSSR count). The zero-order valence-electron chi connectivity index (χ0n) is 19.6. The molecule has 2 heterocycles. The number of carbonyl (C=O) groups excluding carboxylic acids is 1. The maximum atomic E-state index is 13.3. The Balaban J connectivity index is 1.82. The molecule has 1 amide bonds. The highest BCUT2D eigenvalue weighted by Crippen LogP contribution is 2.23. The van der Waals surface area contributed by atoms with Crippen molar-refractivity contribution >= 4 is 11.7 Å². The van der Waals surface area contributed by atoms with Gasteiger partial charge in [-0.25, -0.2) is 4.98 Å². The Hall–Kier alpha value is -2.87. The van der Waals surface area contributed by atoms with E-state index in [0.29, 0.717) is 23.9 Å². The van der Waals surface area contributed by atoms with Crippen molar-refractivity contribution in [2.24, 2.45) is 5.92 Å². The second kappa shape index (κ2) is 11.1. The maximum Gasteiger partial charge on any atom is 0.294 e. The van der Waals surface area contributed by atoms with Gasteiger partial charge >= 0.3 is 0 Å². The van der Waals surface area contributed by atoms with E-state index in [-0.39, 0.29) is 29.9 Å². The first-order valence-corrected chi connectivity index (χ1v) is 11.3. The Morgan fingerprint density at radius 3 is 2.72 bits per heavy atom. The number of carbonyl (C=O) groups is 1. The smallest absolute Gasteiger partial charge is 0.294 e. The molecule has 1 aromatic heterocycles. The summed E-state index contributed by atoms with van der Waals surface area (Å²) in [6.07, 6.45) is 5.01. The highest BCUT2D eigenvalue weighted by Gasteiger charge is 2.18. The molecule has 2 N–H and O–H groups in total. The number of nitrogens with zero attached hydrogens (tertiary/aromatic N) is 3.